The van der Waals surface area contributed by atoms with Crippen molar-refractivity contribution in [2.75, 3.05) is 6.61 Å². The summed E-state index contributed by atoms with van der Waals surface area (Å²) in [5.41, 5.74) is 0.563. The molecule has 2 rings (SSSR count). The Morgan fingerprint density at radius 3 is 3.00 bits per heavy atom. The number of rotatable bonds is 1. The summed E-state index contributed by atoms with van der Waals surface area (Å²) in [5, 5.41) is 8.82. The molecule has 0 amide bonds. The van der Waals surface area contributed by atoms with E-state index in [-0.39, 0.29) is 5.56 Å². The average Bonchev–Trinajstić information content (AvgIpc) is 2.16. The molecule has 0 spiro atoms. The zero-order valence-corrected chi connectivity index (χ0v) is 7.42. The van der Waals surface area contributed by atoms with Crippen LogP contribution in [0.25, 0.3) is 0 Å². The number of hydrogen-bond acceptors (Lipinski definition) is 2. The highest BCUT2D eigenvalue weighted by molar-refractivity contribution is 5.91. The third-order valence-electron chi connectivity index (χ3n) is 2.20. The molecule has 0 radical (unpaired) electrons. The molecule has 0 bridgehead atoms. The minimum absolute atomic E-state index is 0.0836. The van der Waals surface area contributed by atoms with Crippen LogP contribution in [0.15, 0.2) is 12.1 Å². The molecule has 1 N–H and O–H groups in total. The van der Waals surface area contributed by atoms with Crippen molar-refractivity contribution in [2.45, 2.75) is 12.8 Å². The number of aromatic carboxylic acids is 1. The van der Waals surface area contributed by atoms with Gasteiger partial charge in [-0.1, -0.05) is 0 Å². The topological polar surface area (TPSA) is 46.5 Å². The van der Waals surface area contributed by atoms with Gasteiger partial charge in [-0.05, 0) is 30.5 Å². The van der Waals surface area contributed by atoms with E-state index in [0.717, 1.165) is 12.5 Å². The molecule has 4 heteroatoms. The summed E-state index contributed by atoms with van der Waals surface area (Å²) in [7, 11) is 0. The summed E-state index contributed by atoms with van der Waals surface area (Å²) in [6.07, 6.45) is 1.48. The third-order valence-corrected chi connectivity index (χ3v) is 2.20. The maximum Gasteiger partial charge on any atom is 0.339 e. The number of carbonyl (C=O) groups is 1. The number of ether oxygens (including phenoxy) is 1. The predicted octanol–water partition coefficient (Wildman–Crippen LogP) is 1.85. The zero-order valence-electron chi connectivity index (χ0n) is 7.42. The fourth-order valence-electron chi connectivity index (χ4n) is 1.60. The second kappa shape index (κ2) is 3.29. The van der Waals surface area contributed by atoms with E-state index in [2.05, 4.69) is 0 Å². The molecule has 1 aromatic carbocycles. The Balaban J connectivity index is 2.58. The first kappa shape index (κ1) is 8.99. The van der Waals surface area contributed by atoms with Gasteiger partial charge in [-0.2, -0.15) is 0 Å². The van der Waals surface area contributed by atoms with Gasteiger partial charge in [-0.25, -0.2) is 9.18 Å². The van der Waals surface area contributed by atoms with Crippen LogP contribution in [0.1, 0.15) is 22.3 Å². The lowest BCUT2D eigenvalue weighted by molar-refractivity contribution is 0.0690. The molecule has 0 atom stereocenters. The van der Waals surface area contributed by atoms with Crippen LogP contribution in [0.5, 0.6) is 5.75 Å². The third kappa shape index (κ3) is 1.43. The molecule has 0 saturated carbocycles. The SMILES string of the molecule is O=C(O)c1cc(F)cc2c1OCCC2. The smallest absolute Gasteiger partial charge is 0.339 e. The molecule has 74 valence electrons. The standard InChI is InChI=1S/C10H9FO3/c11-7-4-6-2-1-3-14-9(6)8(5-7)10(12)13/h4-5H,1-3H2,(H,12,13). The summed E-state index contributed by atoms with van der Waals surface area (Å²) >= 11 is 0. The summed E-state index contributed by atoms with van der Waals surface area (Å²) in [6.45, 7) is 0.499. The Hall–Kier alpha value is -1.58. The summed E-state index contributed by atoms with van der Waals surface area (Å²) in [6, 6.07) is 2.33. The van der Waals surface area contributed by atoms with Crippen molar-refractivity contribution in [3.05, 3.63) is 29.1 Å². The molecule has 0 fully saturated rings. The number of carboxylic acid groups (broad SMARTS) is 1. The summed E-state index contributed by atoms with van der Waals surface area (Å²) in [4.78, 5) is 10.8. The lowest BCUT2D eigenvalue weighted by Crippen LogP contribution is -2.13. The Morgan fingerprint density at radius 2 is 2.29 bits per heavy atom. The van der Waals surface area contributed by atoms with Gasteiger partial charge in [-0.3, -0.25) is 0 Å². The largest absolute Gasteiger partial charge is 0.492 e. The van der Waals surface area contributed by atoms with Crippen LogP contribution in [-0.2, 0) is 6.42 Å². The van der Waals surface area contributed by atoms with E-state index >= 15 is 0 Å². The second-order valence-corrected chi connectivity index (χ2v) is 3.20. The Labute approximate surface area is 80.1 Å². The van der Waals surface area contributed by atoms with Gasteiger partial charge in [0.15, 0.2) is 0 Å². The molecule has 1 heterocycles. The average molecular weight is 196 g/mol. The Morgan fingerprint density at radius 1 is 1.50 bits per heavy atom. The van der Waals surface area contributed by atoms with E-state index in [4.69, 9.17) is 9.84 Å². The minimum Gasteiger partial charge on any atom is -0.492 e. The molecule has 0 aliphatic carbocycles. The van der Waals surface area contributed by atoms with Crippen LogP contribution in [-0.4, -0.2) is 17.7 Å². The van der Waals surface area contributed by atoms with Crippen molar-refractivity contribution < 1.29 is 19.0 Å². The Bertz CT molecular complexity index is 387. The predicted molar refractivity (Wildman–Crippen MR) is 47.2 cm³/mol. The minimum atomic E-state index is -1.15. The zero-order chi connectivity index (χ0) is 10.1. The van der Waals surface area contributed by atoms with E-state index in [1.807, 2.05) is 0 Å². The highest BCUT2D eigenvalue weighted by Crippen LogP contribution is 2.29. The van der Waals surface area contributed by atoms with Crippen LogP contribution in [0, 0.1) is 5.82 Å². The van der Waals surface area contributed by atoms with Crippen LogP contribution < -0.4 is 4.74 Å². The van der Waals surface area contributed by atoms with Gasteiger partial charge in [0.2, 0.25) is 0 Å². The second-order valence-electron chi connectivity index (χ2n) is 3.20. The molecule has 1 aromatic rings. The van der Waals surface area contributed by atoms with E-state index in [1.54, 1.807) is 0 Å². The number of halogens is 1. The molecule has 3 nitrogen and oxygen atoms in total. The van der Waals surface area contributed by atoms with Gasteiger partial charge in [0.1, 0.15) is 17.1 Å². The lowest BCUT2D eigenvalue weighted by Gasteiger charge is -2.18. The fourth-order valence-corrected chi connectivity index (χ4v) is 1.60. The monoisotopic (exact) mass is 196 g/mol. The van der Waals surface area contributed by atoms with Crippen LogP contribution in [0.3, 0.4) is 0 Å². The van der Waals surface area contributed by atoms with Gasteiger partial charge < -0.3 is 9.84 Å². The number of benzene rings is 1. The number of carboxylic acids is 1. The first-order valence-electron chi connectivity index (χ1n) is 4.37. The number of fused-ring (bicyclic) bond motifs is 1. The van der Waals surface area contributed by atoms with E-state index < -0.39 is 11.8 Å². The Kier molecular flexibility index (Phi) is 2.11. The molecule has 0 saturated heterocycles. The van der Waals surface area contributed by atoms with Crippen molar-refractivity contribution in [2.24, 2.45) is 0 Å². The van der Waals surface area contributed by atoms with Crippen molar-refractivity contribution >= 4 is 5.97 Å². The first-order chi connectivity index (χ1) is 6.68. The summed E-state index contributed by atoms with van der Waals surface area (Å²) in [5.74, 6) is -1.35. The van der Waals surface area contributed by atoms with Crippen molar-refractivity contribution in [1.82, 2.24) is 0 Å². The molecule has 1 aliphatic rings. The molecule has 1 aliphatic heterocycles. The number of aryl methyl sites for hydroxylation is 1. The van der Waals surface area contributed by atoms with Crippen LogP contribution in [0.4, 0.5) is 4.39 Å². The maximum atomic E-state index is 13.0. The van der Waals surface area contributed by atoms with Gasteiger partial charge in [0, 0.05) is 0 Å². The first-order valence-corrected chi connectivity index (χ1v) is 4.37. The van der Waals surface area contributed by atoms with Crippen molar-refractivity contribution in [1.29, 1.82) is 0 Å². The lowest BCUT2D eigenvalue weighted by atomic mass is 10.0. The quantitative estimate of drug-likeness (QED) is 0.745. The molecule has 0 aromatic heterocycles. The van der Waals surface area contributed by atoms with Crippen LogP contribution >= 0.6 is 0 Å². The molecule has 0 unspecified atom stereocenters. The molecular formula is C10H9FO3. The van der Waals surface area contributed by atoms with Gasteiger partial charge >= 0.3 is 5.97 Å². The van der Waals surface area contributed by atoms with Gasteiger partial charge in [0.25, 0.3) is 0 Å². The van der Waals surface area contributed by atoms with Gasteiger partial charge in [-0.15, -0.1) is 0 Å². The van der Waals surface area contributed by atoms with Crippen LogP contribution in [0.2, 0.25) is 0 Å². The highest BCUT2D eigenvalue weighted by Gasteiger charge is 2.20. The van der Waals surface area contributed by atoms with Gasteiger partial charge in [0.05, 0.1) is 6.61 Å². The van der Waals surface area contributed by atoms with Crippen molar-refractivity contribution in [3.8, 4) is 5.75 Å². The normalized spacial score (nSPS) is 14.4. The van der Waals surface area contributed by atoms with E-state index in [0.29, 0.717) is 24.3 Å². The van der Waals surface area contributed by atoms with Crippen molar-refractivity contribution in [3.63, 3.8) is 0 Å². The maximum absolute atomic E-state index is 13.0. The molecule has 14 heavy (non-hydrogen) atoms. The van der Waals surface area contributed by atoms with E-state index in [1.165, 1.54) is 6.07 Å². The fraction of sp³-hybridized carbons (Fsp3) is 0.300. The summed E-state index contributed by atoms with van der Waals surface area (Å²) < 4.78 is 18.2. The molecular weight excluding hydrogens is 187 g/mol. The number of hydrogen-bond donors (Lipinski definition) is 1. The highest BCUT2D eigenvalue weighted by atomic mass is 19.1. The van der Waals surface area contributed by atoms with E-state index in [9.17, 15) is 9.18 Å².